The molecule has 1 heterocycles. The van der Waals surface area contributed by atoms with Crippen LogP contribution in [0.3, 0.4) is 0 Å². The summed E-state index contributed by atoms with van der Waals surface area (Å²) in [5, 5.41) is 11.7. The van der Waals surface area contributed by atoms with Crippen molar-refractivity contribution in [3.8, 4) is 6.07 Å². The van der Waals surface area contributed by atoms with Gasteiger partial charge in [0.25, 0.3) is 5.91 Å². The first-order chi connectivity index (χ1) is 9.44. The fourth-order valence-electron chi connectivity index (χ4n) is 2.52. The summed E-state index contributed by atoms with van der Waals surface area (Å²) < 4.78 is 4.86. The summed E-state index contributed by atoms with van der Waals surface area (Å²) in [5.74, 6) is -0.902. The maximum Gasteiger partial charge on any atom is 0.332 e. The number of nitriles is 1. The molecule has 1 aliphatic rings. The van der Waals surface area contributed by atoms with Crippen LogP contribution in [0.1, 0.15) is 35.3 Å². The Hall–Kier alpha value is -2.35. The van der Waals surface area contributed by atoms with E-state index in [0.717, 1.165) is 5.56 Å². The third kappa shape index (κ3) is 2.03. The molecule has 20 heavy (non-hydrogen) atoms. The van der Waals surface area contributed by atoms with E-state index < -0.39 is 11.5 Å². The van der Waals surface area contributed by atoms with Crippen LogP contribution >= 0.6 is 0 Å². The highest BCUT2D eigenvalue weighted by molar-refractivity contribution is 6.02. The quantitative estimate of drug-likeness (QED) is 0.826. The van der Waals surface area contributed by atoms with Gasteiger partial charge in [0.05, 0.1) is 18.7 Å². The van der Waals surface area contributed by atoms with Gasteiger partial charge in [0.1, 0.15) is 5.54 Å². The number of rotatable bonds is 2. The Morgan fingerprint density at radius 1 is 1.50 bits per heavy atom. The summed E-state index contributed by atoms with van der Waals surface area (Å²) >= 11 is 0. The van der Waals surface area contributed by atoms with Crippen molar-refractivity contribution in [3.63, 3.8) is 0 Å². The van der Waals surface area contributed by atoms with Gasteiger partial charge in [-0.05, 0) is 23.6 Å². The van der Waals surface area contributed by atoms with Crippen LogP contribution in [-0.4, -0.2) is 24.5 Å². The van der Waals surface area contributed by atoms with E-state index in [2.05, 4.69) is 5.32 Å². The maximum absolute atomic E-state index is 12.3. The van der Waals surface area contributed by atoms with E-state index in [0.29, 0.717) is 17.5 Å². The van der Waals surface area contributed by atoms with Gasteiger partial charge >= 0.3 is 5.97 Å². The first kappa shape index (κ1) is 14.1. The van der Waals surface area contributed by atoms with Crippen LogP contribution in [0.5, 0.6) is 0 Å². The van der Waals surface area contributed by atoms with Gasteiger partial charge in [0, 0.05) is 12.0 Å². The Bertz CT molecular complexity index is 616. The molecule has 0 fully saturated rings. The van der Waals surface area contributed by atoms with E-state index in [9.17, 15) is 9.59 Å². The molecule has 0 saturated carbocycles. The zero-order valence-electron chi connectivity index (χ0n) is 11.7. The predicted octanol–water partition coefficient (Wildman–Crippen LogP) is 1.41. The molecule has 104 valence electrons. The zero-order chi connectivity index (χ0) is 14.9. The van der Waals surface area contributed by atoms with Crippen molar-refractivity contribution in [1.29, 1.82) is 5.26 Å². The monoisotopic (exact) mass is 272 g/mol. The van der Waals surface area contributed by atoms with Crippen molar-refractivity contribution in [1.82, 2.24) is 5.32 Å². The summed E-state index contributed by atoms with van der Waals surface area (Å²) in [6.45, 7) is 3.73. The third-order valence-electron chi connectivity index (χ3n) is 3.82. The average Bonchev–Trinajstić information content (AvgIpc) is 2.45. The number of esters is 1. The highest BCUT2D eigenvalue weighted by Gasteiger charge is 2.47. The highest BCUT2D eigenvalue weighted by Crippen LogP contribution is 2.30. The number of hydrogen-bond donors (Lipinski definition) is 1. The van der Waals surface area contributed by atoms with Gasteiger partial charge in [-0.3, -0.25) is 4.79 Å². The molecule has 0 aromatic heterocycles. The molecule has 1 aromatic rings. The minimum atomic E-state index is -1.05. The molecule has 1 aliphatic heterocycles. The van der Waals surface area contributed by atoms with Crippen LogP contribution in [0.15, 0.2) is 18.2 Å². The predicted molar refractivity (Wildman–Crippen MR) is 71.9 cm³/mol. The van der Waals surface area contributed by atoms with E-state index in [1.165, 1.54) is 7.11 Å². The van der Waals surface area contributed by atoms with Crippen molar-refractivity contribution in [2.24, 2.45) is 5.92 Å². The van der Waals surface area contributed by atoms with E-state index in [1.807, 2.05) is 19.9 Å². The lowest BCUT2D eigenvalue weighted by molar-refractivity contribution is -0.150. The van der Waals surface area contributed by atoms with Gasteiger partial charge in [-0.2, -0.15) is 5.26 Å². The maximum atomic E-state index is 12.3. The Morgan fingerprint density at radius 3 is 2.75 bits per heavy atom. The Balaban J connectivity index is 2.52. The lowest BCUT2D eigenvalue weighted by Crippen LogP contribution is -2.62. The van der Waals surface area contributed by atoms with Crippen LogP contribution in [-0.2, 0) is 16.0 Å². The van der Waals surface area contributed by atoms with Crippen LogP contribution in [0.4, 0.5) is 0 Å². The minimum absolute atomic E-state index is 0.109. The molecule has 0 radical (unpaired) electrons. The van der Waals surface area contributed by atoms with Crippen molar-refractivity contribution in [2.45, 2.75) is 25.8 Å². The first-order valence-electron chi connectivity index (χ1n) is 6.38. The zero-order valence-corrected chi connectivity index (χ0v) is 11.7. The van der Waals surface area contributed by atoms with E-state index in [4.69, 9.17) is 10.00 Å². The molecule has 0 saturated heterocycles. The summed E-state index contributed by atoms with van der Waals surface area (Å²) in [4.78, 5) is 24.4. The number of hydrogen-bond acceptors (Lipinski definition) is 4. The molecular formula is C15H16N2O3. The summed E-state index contributed by atoms with van der Waals surface area (Å²) in [6.07, 6.45) is 0.365. The number of benzene rings is 1. The molecule has 2 rings (SSSR count). The van der Waals surface area contributed by atoms with Gasteiger partial charge in [-0.15, -0.1) is 0 Å². The number of methoxy groups -OCH3 is 1. The number of fused-ring (bicyclic) bond motifs is 1. The van der Waals surface area contributed by atoms with Crippen LogP contribution in [0.25, 0.3) is 0 Å². The lowest BCUT2D eigenvalue weighted by Gasteiger charge is -2.39. The molecule has 0 spiro atoms. The number of ether oxygens (including phenoxy) is 1. The second-order valence-electron chi connectivity index (χ2n) is 5.23. The molecule has 0 aliphatic carbocycles. The fourth-order valence-corrected chi connectivity index (χ4v) is 2.52. The van der Waals surface area contributed by atoms with Gasteiger partial charge in [-0.25, -0.2) is 4.79 Å². The van der Waals surface area contributed by atoms with E-state index in [-0.39, 0.29) is 11.8 Å². The Labute approximate surface area is 117 Å². The van der Waals surface area contributed by atoms with Gasteiger partial charge in [0.2, 0.25) is 0 Å². The molecule has 1 amide bonds. The number of amides is 1. The lowest BCUT2D eigenvalue weighted by atomic mass is 9.76. The molecule has 1 unspecified atom stereocenters. The molecule has 1 atom stereocenters. The largest absolute Gasteiger partial charge is 0.467 e. The molecule has 5 nitrogen and oxygen atoms in total. The molecular weight excluding hydrogens is 256 g/mol. The number of nitrogens with zero attached hydrogens (tertiary/aromatic N) is 1. The average molecular weight is 272 g/mol. The summed E-state index contributed by atoms with van der Waals surface area (Å²) in [7, 11) is 1.31. The fraction of sp³-hybridized carbons (Fsp3) is 0.400. The second kappa shape index (κ2) is 4.97. The second-order valence-corrected chi connectivity index (χ2v) is 5.23. The Kier molecular flexibility index (Phi) is 3.49. The third-order valence-corrected chi connectivity index (χ3v) is 3.82. The summed E-state index contributed by atoms with van der Waals surface area (Å²) in [6, 6.07) is 6.93. The molecule has 1 aromatic carbocycles. The van der Waals surface area contributed by atoms with Gasteiger partial charge in [0.15, 0.2) is 0 Å². The number of carbonyl (C=O) groups excluding carboxylic acids is 2. The molecule has 1 N–H and O–H groups in total. The molecule has 5 heteroatoms. The number of carbonyl (C=O) groups is 2. The topological polar surface area (TPSA) is 79.2 Å². The molecule has 0 bridgehead atoms. The SMILES string of the molecule is COC(=O)C1(C(C)C)Cc2ccc(C#N)cc2C(=O)N1. The highest BCUT2D eigenvalue weighted by atomic mass is 16.5. The van der Waals surface area contributed by atoms with Crippen LogP contribution < -0.4 is 5.32 Å². The smallest absolute Gasteiger partial charge is 0.332 e. The van der Waals surface area contributed by atoms with Crippen LogP contribution in [0.2, 0.25) is 0 Å². The number of nitrogens with one attached hydrogen (secondary N) is 1. The normalized spacial score (nSPS) is 20.9. The van der Waals surface area contributed by atoms with Crippen molar-refractivity contribution >= 4 is 11.9 Å². The minimum Gasteiger partial charge on any atom is -0.467 e. The van der Waals surface area contributed by atoms with Crippen molar-refractivity contribution in [2.75, 3.05) is 7.11 Å². The van der Waals surface area contributed by atoms with Crippen molar-refractivity contribution in [3.05, 3.63) is 34.9 Å². The standard InChI is InChI=1S/C15H16N2O3/c1-9(2)15(14(19)20-3)7-11-5-4-10(8-16)6-12(11)13(18)17-15/h4-6,9H,7H2,1-3H3,(H,17,18). The van der Waals surface area contributed by atoms with Crippen molar-refractivity contribution < 1.29 is 14.3 Å². The first-order valence-corrected chi connectivity index (χ1v) is 6.38. The van der Waals surface area contributed by atoms with Gasteiger partial charge in [-0.1, -0.05) is 19.9 Å². The summed E-state index contributed by atoms with van der Waals surface area (Å²) in [5.41, 5.74) is 0.581. The van der Waals surface area contributed by atoms with Gasteiger partial charge < -0.3 is 10.1 Å². The van der Waals surface area contributed by atoms with Crippen LogP contribution in [0, 0.1) is 17.2 Å². The van der Waals surface area contributed by atoms with E-state index in [1.54, 1.807) is 18.2 Å². The van der Waals surface area contributed by atoms with E-state index >= 15 is 0 Å². The Morgan fingerprint density at radius 2 is 2.20 bits per heavy atom.